The monoisotopic (exact) mass is 445 g/mol. The van der Waals surface area contributed by atoms with Crippen molar-refractivity contribution < 1.29 is 19.1 Å². The van der Waals surface area contributed by atoms with Gasteiger partial charge in [0, 0.05) is 37.9 Å². The smallest absolute Gasteiger partial charge is 0.410 e. The highest BCUT2D eigenvalue weighted by Gasteiger charge is 2.29. The number of aryl methyl sites for hydroxylation is 1. The van der Waals surface area contributed by atoms with Gasteiger partial charge in [0.2, 0.25) is 5.89 Å². The Labute approximate surface area is 189 Å². The summed E-state index contributed by atoms with van der Waals surface area (Å²) in [4.78, 5) is 16.5. The fourth-order valence-corrected chi connectivity index (χ4v) is 3.94. The number of ether oxygens (including phenoxy) is 1. The lowest BCUT2D eigenvalue weighted by atomic mass is 10.0. The summed E-state index contributed by atoms with van der Waals surface area (Å²) in [7, 11) is 0. The Morgan fingerprint density at radius 3 is 2.69 bits per heavy atom. The van der Waals surface area contributed by atoms with Crippen LogP contribution >= 0.6 is 0 Å². The summed E-state index contributed by atoms with van der Waals surface area (Å²) < 4.78 is 11.0. The normalized spacial score (nSPS) is 18.1. The number of anilines is 2. The Morgan fingerprint density at radius 1 is 1.28 bits per heavy atom. The molecule has 1 saturated heterocycles. The van der Waals surface area contributed by atoms with Gasteiger partial charge >= 0.3 is 12.1 Å². The van der Waals surface area contributed by atoms with E-state index in [-0.39, 0.29) is 18.2 Å². The SMILES string of the molecule is Cc1cc(CN2CCN(C(=O)OC(C)C)[C@@H](C)C2)c(C)c(Nc2nnc(CC(C)O)o2)c1. The Balaban J connectivity index is 1.67. The summed E-state index contributed by atoms with van der Waals surface area (Å²) in [6.45, 7) is 14.6. The first kappa shape index (κ1) is 24.0. The van der Waals surface area contributed by atoms with Crippen LogP contribution in [-0.4, -0.2) is 69.1 Å². The molecule has 176 valence electrons. The highest BCUT2D eigenvalue weighted by atomic mass is 16.6. The number of hydrogen-bond donors (Lipinski definition) is 2. The summed E-state index contributed by atoms with van der Waals surface area (Å²) in [6, 6.07) is 4.64. The highest BCUT2D eigenvalue weighted by Crippen LogP contribution is 2.27. The molecule has 2 heterocycles. The third kappa shape index (κ3) is 6.20. The van der Waals surface area contributed by atoms with Crippen molar-refractivity contribution >= 4 is 17.8 Å². The molecule has 1 fully saturated rings. The molecule has 1 aliphatic heterocycles. The number of aliphatic hydroxyl groups is 1. The molecule has 2 aromatic rings. The molecule has 0 aliphatic carbocycles. The second-order valence-corrected chi connectivity index (χ2v) is 8.99. The van der Waals surface area contributed by atoms with Gasteiger partial charge in [-0.3, -0.25) is 4.90 Å². The van der Waals surface area contributed by atoms with E-state index in [4.69, 9.17) is 9.15 Å². The van der Waals surface area contributed by atoms with Gasteiger partial charge in [-0.1, -0.05) is 11.2 Å². The Hall–Kier alpha value is -2.65. The van der Waals surface area contributed by atoms with Gasteiger partial charge in [0.25, 0.3) is 0 Å². The summed E-state index contributed by atoms with van der Waals surface area (Å²) in [5, 5.41) is 20.7. The van der Waals surface area contributed by atoms with Gasteiger partial charge in [0.05, 0.1) is 18.6 Å². The minimum Gasteiger partial charge on any atom is -0.447 e. The molecule has 3 rings (SSSR count). The van der Waals surface area contributed by atoms with E-state index in [0.717, 1.165) is 36.4 Å². The maximum atomic E-state index is 12.3. The van der Waals surface area contributed by atoms with Gasteiger partial charge in [-0.05, 0) is 64.3 Å². The fraction of sp³-hybridized carbons (Fsp3) is 0.609. The zero-order valence-corrected chi connectivity index (χ0v) is 19.9. The maximum absolute atomic E-state index is 12.3. The third-order valence-electron chi connectivity index (χ3n) is 5.51. The molecule has 0 bridgehead atoms. The van der Waals surface area contributed by atoms with E-state index in [2.05, 4.69) is 53.3 Å². The molecule has 2 N–H and O–H groups in total. The van der Waals surface area contributed by atoms with Gasteiger partial charge in [-0.15, -0.1) is 5.10 Å². The molecule has 1 unspecified atom stereocenters. The number of carbonyl (C=O) groups is 1. The summed E-state index contributed by atoms with van der Waals surface area (Å²) >= 11 is 0. The van der Waals surface area contributed by atoms with Crippen LogP contribution in [-0.2, 0) is 17.7 Å². The number of aliphatic hydroxyl groups excluding tert-OH is 1. The average Bonchev–Trinajstić information content (AvgIpc) is 3.11. The predicted octanol–water partition coefficient (Wildman–Crippen LogP) is 3.40. The first-order valence-electron chi connectivity index (χ1n) is 11.2. The van der Waals surface area contributed by atoms with Crippen molar-refractivity contribution in [2.75, 3.05) is 25.0 Å². The summed E-state index contributed by atoms with van der Waals surface area (Å²) in [6.07, 6.45) is -0.567. The van der Waals surface area contributed by atoms with Crippen LogP contribution in [0.1, 0.15) is 50.3 Å². The van der Waals surface area contributed by atoms with Crippen molar-refractivity contribution in [3.63, 3.8) is 0 Å². The molecule has 1 aromatic carbocycles. The minimum absolute atomic E-state index is 0.0865. The molecular weight excluding hydrogens is 410 g/mol. The zero-order chi connectivity index (χ0) is 23.4. The van der Waals surface area contributed by atoms with Crippen molar-refractivity contribution in [3.05, 3.63) is 34.7 Å². The van der Waals surface area contributed by atoms with Crippen LogP contribution in [0, 0.1) is 13.8 Å². The van der Waals surface area contributed by atoms with Crippen LogP contribution in [0.25, 0.3) is 0 Å². The quantitative estimate of drug-likeness (QED) is 0.668. The molecule has 9 heteroatoms. The average molecular weight is 446 g/mol. The van der Waals surface area contributed by atoms with Crippen LogP contribution in [0.15, 0.2) is 16.5 Å². The van der Waals surface area contributed by atoms with Crippen LogP contribution in [0.2, 0.25) is 0 Å². The number of carbonyl (C=O) groups excluding carboxylic acids is 1. The van der Waals surface area contributed by atoms with Crippen LogP contribution in [0.5, 0.6) is 0 Å². The van der Waals surface area contributed by atoms with E-state index in [9.17, 15) is 9.90 Å². The van der Waals surface area contributed by atoms with Crippen molar-refractivity contribution in [3.8, 4) is 0 Å². The molecule has 1 aliphatic rings. The molecule has 9 nitrogen and oxygen atoms in total. The van der Waals surface area contributed by atoms with E-state index >= 15 is 0 Å². The van der Waals surface area contributed by atoms with Gasteiger partial charge < -0.3 is 24.5 Å². The third-order valence-corrected chi connectivity index (χ3v) is 5.51. The summed E-state index contributed by atoms with van der Waals surface area (Å²) in [5.41, 5.74) is 4.37. The van der Waals surface area contributed by atoms with Gasteiger partial charge in [-0.2, -0.15) is 0 Å². The first-order valence-corrected chi connectivity index (χ1v) is 11.2. The highest BCUT2D eigenvalue weighted by molar-refractivity contribution is 5.68. The van der Waals surface area contributed by atoms with Crippen molar-refractivity contribution in [2.24, 2.45) is 0 Å². The molecule has 32 heavy (non-hydrogen) atoms. The van der Waals surface area contributed by atoms with Gasteiger partial charge in [0.1, 0.15) is 0 Å². The van der Waals surface area contributed by atoms with Crippen LogP contribution < -0.4 is 5.32 Å². The molecule has 1 amide bonds. The molecular formula is C23H35N5O4. The van der Waals surface area contributed by atoms with Gasteiger partial charge in [0.15, 0.2) is 0 Å². The Bertz CT molecular complexity index is 927. The van der Waals surface area contributed by atoms with Gasteiger partial charge in [-0.25, -0.2) is 4.79 Å². The van der Waals surface area contributed by atoms with Crippen LogP contribution in [0.4, 0.5) is 16.5 Å². The Kier molecular flexibility index (Phi) is 7.73. The summed E-state index contributed by atoms with van der Waals surface area (Å²) in [5.74, 6) is 0.399. The lowest BCUT2D eigenvalue weighted by Gasteiger charge is -2.39. The second kappa shape index (κ2) is 10.3. The molecule has 1 aromatic heterocycles. The zero-order valence-electron chi connectivity index (χ0n) is 19.9. The standard InChI is InChI=1S/C23H35N5O4/c1-14(2)31-23(30)28-8-7-27(12-16(28)4)13-19-9-15(3)10-20(18(19)6)24-22-26-25-21(32-22)11-17(5)29/h9-10,14,16-17,29H,7-8,11-13H2,1-6H3,(H,24,26)/t16-,17?/m0/s1. The first-order chi connectivity index (χ1) is 15.1. The topological polar surface area (TPSA) is 104 Å². The lowest BCUT2D eigenvalue weighted by Crippen LogP contribution is -2.54. The van der Waals surface area contributed by atoms with E-state index < -0.39 is 6.10 Å². The van der Waals surface area contributed by atoms with E-state index in [1.807, 2.05) is 18.7 Å². The number of aromatic nitrogens is 2. The van der Waals surface area contributed by atoms with Crippen molar-refractivity contribution in [1.82, 2.24) is 20.0 Å². The number of rotatable bonds is 7. The number of piperazine rings is 1. The number of amides is 1. The molecule has 0 saturated carbocycles. The molecule has 0 radical (unpaired) electrons. The Morgan fingerprint density at radius 2 is 2.03 bits per heavy atom. The number of nitrogens with zero attached hydrogens (tertiary/aromatic N) is 4. The maximum Gasteiger partial charge on any atom is 0.410 e. The number of hydrogen-bond acceptors (Lipinski definition) is 8. The largest absolute Gasteiger partial charge is 0.447 e. The van der Waals surface area contributed by atoms with E-state index in [0.29, 0.717) is 24.9 Å². The van der Waals surface area contributed by atoms with Crippen molar-refractivity contribution in [1.29, 1.82) is 0 Å². The minimum atomic E-state index is -0.536. The van der Waals surface area contributed by atoms with E-state index in [1.165, 1.54) is 5.56 Å². The van der Waals surface area contributed by atoms with E-state index in [1.54, 1.807) is 6.92 Å². The predicted molar refractivity (Wildman–Crippen MR) is 122 cm³/mol. The number of benzene rings is 1. The second-order valence-electron chi connectivity index (χ2n) is 8.99. The fourth-order valence-electron chi connectivity index (χ4n) is 3.94. The molecule has 2 atom stereocenters. The number of nitrogens with one attached hydrogen (secondary N) is 1. The van der Waals surface area contributed by atoms with Crippen LogP contribution in [0.3, 0.4) is 0 Å². The lowest BCUT2D eigenvalue weighted by molar-refractivity contribution is 0.0349. The molecule has 0 spiro atoms. The van der Waals surface area contributed by atoms with Crippen molar-refractivity contribution in [2.45, 2.75) is 72.8 Å².